The molecule has 2 aliphatic heterocycles. The number of rotatable bonds is 11. The topological polar surface area (TPSA) is 143 Å². The van der Waals surface area contributed by atoms with Gasteiger partial charge in [0.2, 0.25) is 0 Å². The third-order valence-electron chi connectivity index (χ3n) is 9.24. The van der Waals surface area contributed by atoms with Crippen LogP contribution < -0.4 is 14.8 Å². The smallest absolute Gasteiger partial charge is 0.335 e. The van der Waals surface area contributed by atoms with Crippen LogP contribution >= 0.6 is 0 Å². The predicted octanol–water partition coefficient (Wildman–Crippen LogP) is 3.63. The molecular formula is C32H42N4O7S. The lowest BCUT2D eigenvalue weighted by molar-refractivity contribution is -0.126. The van der Waals surface area contributed by atoms with Gasteiger partial charge in [0.25, 0.3) is 16.1 Å². The van der Waals surface area contributed by atoms with Crippen molar-refractivity contribution >= 4 is 33.8 Å². The lowest BCUT2D eigenvalue weighted by atomic mass is 9.73. The zero-order chi connectivity index (χ0) is 31.6. The molecule has 0 radical (unpaired) electrons. The van der Waals surface area contributed by atoms with E-state index in [0.717, 1.165) is 39.5 Å². The van der Waals surface area contributed by atoms with E-state index in [1.54, 1.807) is 31.2 Å². The van der Waals surface area contributed by atoms with Crippen molar-refractivity contribution in [3.05, 3.63) is 64.2 Å². The van der Waals surface area contributed by atoms with Gasteiger partial charge in [0.05, 0.1) is 31.9 Å². The number of carbonyl (C=O) groups is 2. The van der Waals surface area contributed by atoms with Crippen LogP contribution in [0.15, 0.2) is 42.0 Å². The second-order valence-corrected chi connectivity index (χ2v) is 13.6. The average Bonchev–Trinajstić information content (AvgIpc) is 3.22. The third-order valence-corrected chi connectivity index (χ3v) is 10.3. The number of fused-ring (bicyclic) bond motifs is 5. The molecule has 12 heteroatoms. The van der Waals surface area contributed by atoms with E-state index in [0.29, 0.717) is 30.3 Å². The van der Waals surface area contributed by atoms with Crippen LogP contribution in [0.4, 0.5) is 5.69 Å². The van der Waals surface area contributed by atoms with Gasteiger partial charge in [0, 0.05) is 50.9 Å². The molecule has 2 atom stereocenters. The van der Waals surface area contributed by atoms with Crippen molar-refractivity contribution in [3.8, 4) is 5.75 Å². The highest BCUT2D eigenvalue weighted by Gasteiger charge is 2.46. The van der Waals surface area contributed by atoms with Crippen LogP contribution in [-0.2, 0) is 19.7 Å². The quantitative estimate of drug-likeness (QED) is 0.360. The summed E-state index contributed by atoms with van der Waals surface area (Å²) in [6.45, 7) is 1.10. The van der Waals surface area contributed by atoms with Crippen LogP contribution in [0.25, 0.3) is 6.08 Å². The second kappa shape index (κ2) is 13.3. The van der Waals surface area contributed by atoms with Crippen LogP contribution in [0.5, 0.6) is 5.75 Å². The number of hydrogen-bond acceptors (Lipinski definition) is 7. The molecule has 1 amide bonds. The molecular weight excluding hydrogens is 584 g/mol. The summed E-state index contributed by atoms with van der Waals surface area (Å²) in [7, 11) is 0.932. The zero-order valence-corrected chi connectivity index (χ0v) is 26.4. The highest BCUT2D eigenvalue weighted by molar-refractivity contribution is 7.86. The molecule has 5 rings (SSSR count). The van der Waals surface area contributed by atoms with Gasteiger partial charge in [-0.1, -0.05) is 31.4 Å². The lowest BCUT2D eigenvalue weighted by Gasteiger charge is -2.36. The van der Waals surface area contributed by atoms with Gasteiger partial charge < -0.3 is 24.4 Å². The number of nitrogens with zero attached hydrogens (tertiary/aromatic N) is 3. The Kier molecular flexibility index (Phi) is 9.64. The lowest BCUT2D eigenvalue weighted by Crippen LogP contribution is -2.37. The number of carbonyl (C=O) groups excluding carboxylic acids is 1. The Hall–Kier alpha value is -3.45. The van der Waals surface area contributed by atoms with E-state index in [-0.39, 0.29) is 43.2 Å². The second-order valence-electron chi connectivity index (χ2n) is 11.9. The number of carboxylic acid groups (broad SMARTS) is 1. The molecule has 2 heterocycles. The number of likely N-dealkylation sites (N-methyl/N-ethyl adjacent to an activating group) is 2. The largest absolute Gasteiger partial charge is 0.497 e. The minimum absolute atomic E-state index is 0.0518. The van der Waals surface area contributed by atoms with Crippen molar-refractivity contribution in [2.45, 2.75) is 44.1 Å². The van der Waals surface area contributed by atoms with Crippen LogP contribution in [0, 0.1) is 5.92 Å². The van der Waals surface area contributed by atoms with E-state index in [9.17, 15) is 23.1 Å². The Labute approximate surface area is 259 Å². The molecule has 44 heavy (non-hydrogen) atoms. The first-order chi connectivity index (χ1) is 21.0. The van der Waals surface area contributed by atoms with Crippen LogP contribution in [0.3, 0.4) is 0 Å². The standard InChI is InChI=1S/C32H42N4O7S/c1-34(13-15-43-16-14-35(2)44(33,40)41)31(37)24-17-23-18-25(42-3)10-12-26(23)30-29(21-7-5-4-6-8-21)27-11-9-22(32(38)39)19-28(27)36(30)20-24/h9-12,17-19,21,29-30H,4-8,13-16,20H2,1-3H3,(H,38,39)(H2,33,40,41). The average molecular weight is 627 g/mol. The SMILES string of the molecule is COc1ccc2c(c1)C=C(C(=O)N(C)CCOCCN(C)S(N)(=O)=O)CN1c3cc(C(=O)O)ccc3C(C3CCCCC3)C21. The summed E-state index contributed by atoms with van der Waals surface area (Å²) in [6.07, 6.45) is 7.77. The molecule has 0 saturated heterocycles. The van der Waals surface area contributed by atoms with Crippen molar-refractivity contribution in [1.29, 1.82) is 0 Å². The van der Waals surface area contributed by atoms with E-state index in [4.69, 9.17) is 14.6 Å². The normalized spacial score (nSPS) is 19.9. The molecule has 1 aliphatic carbocycles. The van der Waals surface area contributed by atoms with E-state index >= 15 is 0 Å². The number of aromatic carboxylic acids is 1. The van der Waals surface area contributed by atoms with E-state index < -0.39 is 16.2 Å². The van der Waals surface area contributed by atoms with Crippen LogP contribution in [-0.4, -0.2) is 88.7 Å². The van der Waals surface area contributed by atoms with Crippen molar-refractivity contribution in [2.24, 2.45) is 11.1 Å². The molecule has 2 unspecified atom stereocenters. The van der Waals surface area contributed by atoms with Crippen LogP contribution in [0.1, 0.15) is 71.1 Å². The minimum Gasteiger partial charge on any atom is -0.497 e. The summed E-state index contributed by atoms with van der Waals surface area (Å²) < 4.78 is 34.9. The highest BCUT2D eigenvalue weighted by Crippen LogP contribution is 2.57. The van der Waals surface area contributed by atoms with Gasteiger partial charge in [0.1, 0.15) is 5.75 Å². The maximum atomic E-state index is 13.9. The van der Waals surface area contributed by atoms with Gasteiger partial charge in [0.15, 0.2) is 0 Å². The molecule has 2 aromatic carbocycles. The Morgan fingerprint density at radius 2 is 1.73 bits per heavy atom. The summed E-state index contributed by atoms with van der Waals surface area (Å²) in [5, 5.41) is 15.0. The summed E-state index contributed by atoms with van der Waals surface area (Å²) in [6, 6.07) is 11.4. The molecule has 238 valence electrons. The molecule has 0 aromatic heterocycles. The molecule has 2 aromatic rings. The molecule has 0 bridgehead atoms. The highest BCUT2D eigenvalue weighted by atomic mass is 32.2. The first-order valence-electron chi connectivity index (χ1n) is 15.1. The fraction of sp³-hybridized carbons (Fsp3) is 0.500. The molecule has 3 aliphatic rings. The maximum Gasteiger partial charge on any atom is 0.335 e. The number of hydrogen-bond donors (Lipinski definition) is 2. The predicted molar refractivity (Wildman–Crippen MR) is 168 cm³/mol. The number of methoxy groups -OCH3 is 1. The van der Waals surface area contributed by atoms with E-state index in [1.807, 2.05) is 24.3 Å². The van der Waals surface area contributed by atoms with Crippen LogP contribution in [0.2, 0.25) is 0 Å². The molecule has 0 spiro atoms. The summed E-state index contributed by atoms with van der Waals surface area (Å²) >= 11 is 0. The Balaban J connectivity index is 1.45. The van der Waals surface area contributed by atoms with Gasteiger partial charge in [-0.3, -0.25) is 4.79 Å². The van der Waals surface area contributed by atoms with E-state index in [1.165, 1.54) is 26.3 Å². The van der Waals surface area contributed by atoms with Crippen molar-refractivity contribution in [2.75, 3.05) is 59.0 Å². The zero-order valence-electron chi connectivity index (χ0n) is 25.6. The Morgan fingerprint density at radius 3 is 2.41 bits per heavy atom. The first kappa shape index (κ1) is 32.0. The number of anilines is 1. The summed E-state index contributed by atoms with van der Waals surface area (Å²) in [5.41, 5.74) is 4.84. The molecule has 1 fully saturated rings. The number of benzene rings is 2. The monoisotopic (exact) mass is 626 g/mol. The molecule has 3 N–H and O–H groups in total. The number of amides is 1. The van der Waals surface area contributed by atoms with Gasteiger partial charge >= 0.3 is 5.97 Å². The third kappa shape index (κ3) is 6.63. The Bertz CT molecular complexity index is 1540. The van der Waals surface area contributed by atoms with Gasteiger partial charge in [-0.25, -0.2) is 9.93 Å². The maximum absolute atomic E-state index is 13.9. The van der Waals surface area contributed by atoms with Gasteiger partial charge in [-0.2, -0.15) is 12.7 Å². The number of carboxylic acids is 1. The molecule has 11 nitrogen and oxygen atoms in total. The Morgan fingerprint density at radius 1 is 1.02 bits per heavy atom. The first-order valence-corrected chi connectivity index (χ1v) is 16.6. The van der Waals surface area contributed by atoms with Crippen molar-refractivity contribution < 1.29 is 32.6 Å². The fourth-order valence-electron chi connectivity index (χ4n) is 6.86. The van der Waals surface area contributed by atoms with Crippen molar-refractivity contribution in [3.63, 3.8) is 0 Å². The minimum atomic E-state index is -3.78. The number of ether oxygens (including phenoxy) is 2. The molecule has 1 saturated carbocycles. The van der Waals surface area contributed by atoms with Gasteiger partial charge in [-0.05, 0) is 65.8 Å². The van der Waals surface area contributed by atoms with Gasteiger partial charge in [-0.15, -0.1) is 0 Å². The van der Waals surface area contributed by atoms with E-state index in [2.05, 4.69) is 11.0 Å². The summed E-state index contributed by atoms with van der Waals surface area (Å²) in [4.78, 5) is 29.8. The fourth-order valence-corrected chi connectivity index (χ4v) is 7.19. The summed E-state index contributed by atoms with van der Waals surface area (Å²) in [5.74, 6) is 0.177. The number of nitrogens with two attached hydrogens (primary N) is 1. The van der Waals surface area contributed by atoms with Crippen molar-refractivity contribution in [1.82, 2.24) is 9.21 Å².